The van der Waals surface area contributed by atoms with E-state index in [1.807, 2.05) is 54.6 Å². The van der Waals surface area contributed by atoms with Crippen molar-refractivity contribution in [1.82, 2.24) is 10.3 Å². The van der Waals surface area contributed by atoms with Gasteiger partial charge in [0.2, 0.25) is 10.0 Å². The first-order chi connectivity index (χ1) is 14.4. The molecule has 0 aliphatic heterocycles. The number of hydrogen-bond acceptors (Lipinski definition) is 4. The van der Waals surface area contributed by atoms with Gasteiger partial charge in [0.1, 0.15) is 0 Å². The van der Waals surface area contributed by atoms with Crippen LogP contribution in [0.15, 0.2) is 90.0 Å². The number of primary sulfonamides is 1. The summed E-state index contributed by atoms with van der Waals surface area (Å²) in [5.74, 6) is -0.0418. The van der Waals surface area contributed by atoms with Crippen LogP contribution < -0.4 is 10.5 Å². The van der Waals surface area contributed by atoms with Gasteiger partial charge in [0.05, 0.1) is 10.9 Å². The molecule has 0 fully saturated rings. The number of carbonyl (C=O) groups excluding carboxylic acids is 1. The molecule has 4 rings (SSSR count). The van der Waals surface area contributed by atoms with Crippen molar-refractivity contribution >= 4 is 26.7 Å². The average Bonchev–Trinajstić information content (AvgIpc) is 3.18. The van der Waals surface area contributed by atoms with Gasteiger partial charge in [-0.1, -0.05) is 60.7 Å². The predicted molar refractivity (Wildman–Crippen MR) is 116 cm³/mol. The fraction of sp³-hybridized carbons (Fsp3) is 0.0870. The lowest BCUT2D eigenvalue weighted by atomic mass is 9.96. The van der Waals surface area contributed by atoms with E-state index in [1.54, 1.807) is 18.3 Å². The average molecular weight is 420 g/mol. The topological polar surface area (TPSA) is 105 Å². The van der Waals surface area contributed by atoms with Gasteiger partial charge >= 0.3 is 0 Å². The Hall–Kier alpha value is -3.26. The van der Waals surface area contributed by atoms with Crippen molar-refractivity contribution in [2.24, 2.45) is 5.14 Å². The SMILES string of the molecule is NS(=O)(=O)c1ccc(CNC(C(=O)c2c[nH]c3ccccc23)c2ccccc2)cc1. The van der Waals surface area contributed by atoms with Gasteiger partial charge in [-0.15, -0.1) is 0 Å². The maximum atomic E-state index is 13.4. The molecule has 30 heavy (non-hydrogen) atoms. The number of aromatic amines is 1. The zero-order valence-electron chi connectivity index (χ0n) is 16.1. The minimum Gasteiger partial charge on any atom is -0.360 e. The summed E-state index contributed by atoms with van der Waals surface area (Å²) in [6.07, 6.45) is 1.74. The number of hydrogen-bond donors (Lipinski definition) is 3. The fourth-order valence-electron chi connectivity index (χ4n) is 3.46. The van der Waals surface area contributed by atoms with E-state index in [2.05, 4.69) is 10.3 Å². The molecule has 1 unspecified atom stereocenters. The molecule has 4 aromatic rings. The van der Waals surface area contributed by atoms with Crippen molar-refractivity contribution in [2.75, 3.05) is 0 Å². The van der Waals surface area contributed by atoms with E-state index in [1.165, 1.54) is 12.1 Å². The molecule has 0 radical (unpaired) electrons. The first-order valence-electron chi connectivity index (χ1n) is 9.44. The van der Waals surface area contributed by atoms with Gasteiger partial charge in [0, 0.05) is 29.2 Å². The monoisotopic (exact) mass is 419 g/mol. The normalized spacial score (nSPS) is 12.7. The molecule has 0 saturated carbocycles. The van der Waals surface area contributed by atoms with Crippen LogP contribution in [0.3, 0.4) is 0 Å². The van der Waals surface area contributed by atoms with Crippen LogP contribution in [-0.4, -0.2) is 19.2 Å². The van der Waals surface area contributed by atoms with E-state index in [0.717, 1.165) is 22.0 Å². The zero-order valence-corrected chi connectivity index (χ0v) is 16.9. The third-order valence-corrected chi connectivity index (χ3v) is 5.94. The van der Waals surface area contributed by atoms with Gasteiger partial charge in [-0.2, -0.15) is 0 Å². The molecule has 0 aliphatic carbocycles. The molecule has 0 bridgehead atoms. The number of rotatable bonds is 7. The van der Waals surface area contributed by atoms with Gasteiger partial charge < -0.3 is 4.98 Å². The summed E-state index contributed by atoms with van der Waals surface area (Å²) in [7, 11) is -3.74. The largest absolute Gasteiger partial charge is 0.360 e. The quantitative estimate of drug-likeness (QED) is 0.399. The molecule has 4 N–H and O–H groups in total. The number of para-hydroxylation sites is 1. The van der Waals surface area contributed by atoms with Crippen LogP contribution in [0.25, 0.3) is 10.9 Å². The van der Waals surface area contributed by atoms with Crippen molar-refractivity contribution in [3.63, 3.8) is 0 Å². The fourth-order valence-corrected chi connectivity index (χ4v) is 3.97. The van der Waals surface area contributed by atoms with Crippen molar-refractivity contribution in [1.29, 1.82) is 0 Å². The molecule has 1 atom stereocenters. The Morgan fingerprint density at radius 3 is 2.30 bits per heavy atom. The minimum absolute atomic E-state index is 0.0418. The number of ketones is 1. The molecular formula is C23H21N3O3S. The van der Waals surface area contributed by atoms with Gasteiger partial charge in [-0.25, -0.2) is 13.6 Å². The molecule has 7 heteroatoms. The van der Waals surface area contributed by atoms with E-state index >= 15 is 0 Å². The van der Waals surface area contributed by atoms with Crippen LogP contribution >= 0.6 is 0 Å². The van der Waals surface area contributed by atoms with Gasteiger partial charge in [0.25, 0.3) is 0 Å². The molecule has 3 aromatic carbocycles. The molecule has 0 saturated heterocycles. The van der Waals surface area contributed by atoms with E-state index in [0.29, 0.717) is 12.1 Å². The first kappa shape index (κ1) is 20.0. The number of benzene rings is 3. The number of fused-ring (bicyclic) bond motifs is 1. The lowest BCUT2D eigenvalue weighted by Gasteiger charge is -2.18. The highest BCUT2D eigenvalue weighted by Gasteiger charge is 2.24. The Labute approximate surface area is 174 Å². The van der Waals surface area contributed by atoms with Crippen LogP contribution in [0, 0.1) is 0 Å². The second kappa shape index (κ2) is 8.23. The number of nitrogens with two attached hydrogens (primary N) is 1. The minimum atomic E-state index is -3.74. The third-order valence-electron chi connectivity index (χ3n) is 5.01. The Balaban J connectivity index is 1.62. The first-order valence-corrected chi connectivity index (χ1v) is 11.0. The highest BCUT2D eigenvalue weighted by molar-refractivity contribution is 7.89. The Morgan fingerprint density at radius 2 is 1.60 bits per heavy atom. The molecule has 0 spiro atoms. The summed E-state index contributed by atoms with van der Waals surface area (Å²) >= 11 is 0. The Bertz CT molecular complexity index is 1280. The summed E-state index contributed by atoms with van der Waals surface area (Å²) in [4.78, 5) is 16.7. The summed E-state index contributed by atoms with van der Waals surface area (Å²) < 4.78 is 22.9. The summed E-state index contributed by atoms with van der Waals surface area (Å²) in [5.41, 5.74) is 3.23. The second-order valence-corrected chi connectivity index (χ2v) is 8.59. The molecule has 0 amide bonds. The Kier molecular flexibility index (Phi) is 5.50. The van der Waals surface area contributed by atoms with Gasteiger partial charge in [0.15, 0.2) is 5.78 Å². The molecule has 152 valence electrons. The van der Waals surface area contributed by atoms with Gasteiger partial charge in [-0.3, -0.25) is 10.1 Å². The molecule has 1 heterocycles. The molecule has 0 aliphatic rings. The lowest BCUT2D eigenvalue weighted by molar-refractivity contribution is 0.0943. The lowest BCUT2D eigenvalue weighted by Crippen LogP contribution is -2.28. The number of sulfonamides is 1. The number of aromatic nitrogens is 1. The number of Topliss-reactive ketones (excluding diaryl/α,β-unsaturated/α-hetero) is 1. The standard InChI is InChI=1S/C23H21N3O3S/c24-30(28,29)18-12-10-16(11-13-18)14-26-22(17-6-2-1-3-7-17)23(27)20-15-25-21-9-5-4-8-19(20)21/h1-13,15,22,25-26H,14H2,(H2,24,28,29). The van der Waals surface area contributed by atoms with Crippen LogP contribution in [0.4, 0.5) is 0 Å². The van der Waals surface area contributed by atoms with E-state index < -0.39 is 16.1 Å². The predicted octanol–water partition coefficient (Wildman–Crippen LogP) is 3.53. The zero-order chi connectivity index (χ0) is 21.1. The van der Waals surface area contributed by atoms with E-state index in [4.69, 9.17) is 5.14 Å². The maximum absolute atomic E-state index is 13.4. The number of nitrogens with one attached hydrogen (secondary N) is 2. The smallest absolute Gasteiger partial charge is 0.238 e. The van der Waals surface area contributed by atoms with Crippen molar-refractivity contribution < 1.29 is 13.2 Å². The van der Waals surface area contributed by atoms with Crippen molar-refractivity contribution in [2.45, 2.75) is 17.5 Å². The summed E-state index contributed by atoms with van der Waals surface area (Å²) in [6, 6.07) is 23.0. The highest BCUT2D eigenvalue weighted by atomic mass is 32.2. The summed E-state index contributed by atoms with van der Waals surface area (Å²) in [6.45, 7) is 0.387. The molecule has 6 nitrogen and oxygen atoms in total. The van der Waals surface area contributed by atoms with Crippen LogP contribution in [0.5, 0.6) is 0 Å². The van der Waals surface area contributed by atoms with Crippen LogP contribution in [0.2, 0.25) is 0 Å². The molecular weight excluding hydrogens is 398 g/mol. The van der Waals surface area contributed by atoms with Crippen LogP contribution in [0.1, 0.15) is 27.5 Å². The third kappa shape index (κ3) is 4.18. The van der Waals surface area contributed by atoms with Gasteiger partial charge in [-0.05, 0) is 29.3 Å². The number of carbonyl (C=O) groups is 1. The van der Waals surface area contributed by atoms with E-state index in [-0.39, 0.29) is 10.7 Å². The second-order valence-electron chi connectivity index (χ2n) is 7.03. The Morgan fingerprint density at radius 1 is 0.933 bits per heavy atom. The maximum Gasteiger partial charge on any atom is 0.238 e. The molecule has 1 aromatic heterocycles. The number of H-pyrrole nitrogens is 1. The van der Waals surface area contributed by atoms with Crippen molar-refractivity contribution in [3.05, 3.63) is 102 Å². The summed E-state index contributed by atoms with van der Waals surface area (Å²) in [5, 5.41) is 9.35. The van der Waals surface area contributed by atoms with Crippen LogP contribution in [-0.2, 0) is 16.6 Å². The van der Waals surface area contributed by atoms with Crippen molar-refractivity contribution in [3.8, 4) is 0 Å². The highest BCUT2D eigenvalue weighted by Crippen LogP contribution is 2.25. The van der Waals surface area contributed by atoms with E-state index in [9.17, 15) is 13.2 Å².